The monoisotopic (exact) mass is 280 g/mol. The van der Waals surface area contributed by atoms with E-state index in [1.54, 1.807) is 19.1 Å². The van der Waals surface area contributed by atoms with Crippen LogP contribution in [0.1, 0.15) is 51.0 Å². The van der Waals surface area contributed by atoms with Gasteiger partial charge in [-0.2, -0.15) is 4.39 Å². The molecule has 4 atom stereocenters. The molecular weight excluding hydrogens is 258 g/mol. The van der Waals surface area contributed by atoms with E-state index < -0.39 is 11.6 Å². The lowest BCUT2D eigenvalue weighted by Gasteiger charge is -2.21. The molecule has 0 heterocycles. The second kappa shape index (κ2) is 5.34. The number of hydrogen-bond donors (Lipinski definition) is 0. The summed E-state index contributed by atoms with van der Waals surface area (Å²) in [6.45, 7) is 4.41. The van der Waals surface area contributed by atoms with Crippen molar-refractivity contribution in [3.63, 3.8) is 0 Å². The highest BCUT2D eigenvalue weighted by Gasteiger charge is 2.44. The molecule has 0 radical (unpaired) electrons. The molecule has 4 unspecified atom stereocenters. The predicted octanol–water partition coefficient (Wildman–Crippen LogP) is 4.90. The molecular formula is C17H22F2O. The van der Waals surface area contributed by atoms with Gasteiger partial charge in [0.15, 0.2) is 11.6 Å². The summed E-state index contributed by atoms with van der Waals surface area (Å²) in [6.07, 6.45) is 4.53. The Hall–Kier alpha value is -1.12. The van der Waals surface area contributed by atoms with Gasteiger partial charge in [-0.05, 0) is 61.5 Å². The molecule has 2 fully saturated rings. The summed E-state index contributed by atoms with van der Waals surface area (Å²) in [4.78, 5) is 0. The first-order chi connectivity index (χ1) is 9.63. The van der Waals surface area contributed by atoms with Gasteiger partial charge in [0.05, 0.1) is 6.61 Å². The summed E-state index contributed by atoms with van der Waals surface area (Å²) >= 11 is 0. The maximum absolute atomic E-state index is 14.3. The van der Waals surface area contributed by atoms with Gasteiger partial charge in [-0.3, -0.25) is 0 Å². The van der Waals surface area contributed by atoms with E-state index >= 15 is 0 Å². The fourth-order valence-electron chi connectivity index (χ4n) is 4.38. The molecule has 1 aromatic rings. The summed E-state index contributed by atoms with van der Waals surface area (Å²) in [7, 11) is 0. The average molecular weight is 280 g/mol. The number of fused-ring (bicyclic) bond motifs is 1. The van der Waals surface area contributed by atoms with Gasteiger partial charge in [0, 0.05) is 0 Å². The van der Waals surface area contributed by atoms with Crippen molar-refractivity contribution in [2.24, 2.45) is 17.8 Å². The van der Waals surface area contributed by atoms with Gasteiger partial charge in [0.25, 0.3) is 0 Å². The Balaban J connectivity index is 1.90. The van der Waals surface area contributed by atoms with Crippen molar-refractivity contribution < 1.29 is 13.5 Å². The van der Waals surface area contributed by atoms with Gasteiger partial charge in [0.2, 0.25) is 5.82 Å². The van der Waals surface area contributed by atoms with Crippen LogP contribution in [0.4, 0.5) is 8.78 Å². The van der Waals surface area contributed by atoms with Gasteiger partial charge in [-0.25, -0.2) is 4.39 Å². The summed E-state index contributed by atoms with van der Waals surface area (Å²) in [5.74, 6) is 0.685. The highest BCUT2D eigenvalue weighted by atomic mass is 19.2. The minimum Gasteiger partial charge on any atom is -0.491 e. The Kier molecular flexibility index (Phi) is 3.70. The van der Waals surface area contributed by atoms with Crippen LogP contribution >= 0.6 is 0 Å². The van der Waals surface area contributed by atoms with E-state index in [-0.39, 0.29) is 11.7 Å². The fourth-order valence-corrected chi connectivity index (χ4v) is 4.38. The van der Waals surface area contributed by atoms with Crippen molar-refractivity contribution >= 4 is 0 Å². The zero-order valence-corrected chi connectivity index (χ0v) is 12.2. The van der Waals surface area contributed by atoms with Gasteiger partial charge in [-0.1, -0.05) is 19.4 Å². The Morgan fingerprint density at radius 2 is 1.80 bits per heavy atom. The zero-order chi connectivity index (χ0) is 14.3. The molecule has 0 aliphatic heterocycles. The number of benzene rings is 1. The largest absolute Gasteiger partial charge is 0.491 e. The first-order valence-corrected chi connectivity index (χ1v) is 7.74. The van der Waals surface area contributed by atoms with E-state index in [0.717, 1.165) is 25.2 Å². The average Bonchev–Trinajstić information content (AvgIpc) is 3.00. The lowest BCUT2D eigenvalue weighted by atomic mass is 9.85. The maximum atomic E-state index is 14.3. The number of rotatable bonds is 3. The van der Waals surface area contributed by atoms with Crippen molar-refractivity contribution in [3.8, 4) is 5.75 Å². The summed E-state index contributed by atoms with van der Waals surface area (Å²) in [5, 5.41) is 0. The fraction of sp³-hybridized carbons (Fsp3) is 0.647. The summed E-state index contributed by atoms with van der Waals surface area (Å²) in [6, 6.07) is 3.32. The second-order valence-corrected chi connectivity index (χ2v) is 6.28. The molecule has 2 saturated carbocycles. The number of halogens is 2. The molecule has 0 bridgehead atoms. The third kappa shape index (κ3) is 2.11. The van der Waals surface area contributed by atoms with Crippen molar-refractivity contribution in [2.75, 3.05) is 6.61 Å². The molecule has 2 aliphatic rings. The molecule has 3 rings (SSSR count). The van der Waals surface area contributed by atoms with Crippen molar-refractivity contribution in [1.82, 2.24) is 0 Å². The van der Waals surface area contributed by atoms with E-state index in [2.05, 4.69) is 6.92 Å². The molecule has 20 heavy (non-hydrogen) atoms. The topological polar surface area (TPSA) is 9.23 Å². The first-order valence-electron chi connectivity index (χ1n) is 7.74. The van der Waals surface area contributed by atoms with Gasteiger partial charge in [-0.15, -0.1) is 0 Å². The molecule has 0 aromatic heterocycles. The summed E-state index contributed by atoms with van der Waals surface area (Å²) in [5.41, 5.74) is 0.563. The van der Waals surface area contributed by atoms with E-state index in [1.807, 2.05) is 0 Å². The molecule has 0 N–H and O–H groups in total. The Labute approximate surface area is 119 Å². The molecule has 0 amide bonds. The highest BCUT2D eigenvalue weighted by molar-refractivity contribution is 5.34. The van der Waals surface area contributed by atoms with E-state index in [9.17, 15) is 8.78 Å². The van der Waals surface area contributed by atoms with Crippen molar-refractivity contribution in [3.05, 3.63) is 29.3 Å². The zero-order valence-electron chi connectivity index (χ0n) is 12.2. The van der Waals surface area contributed by atoms with E-state index in [0.29, 0.717) is 24.0 Å². The lowest BCUT2D eigenvalue weighted by molar-refractivity contribution is 0.311. The SMILES string of the molecule is CCOc1ccc(C2CCC3C(C)CCC23)c(F)c1F. The molecule has 0 saturated heterocycles. The van der Waals surface area contributed by atoms with E-state index in [1.165, 1.54) is 6.42 Å². The minimum absolute atomic E-state index is 0.0306. The standard InChI is InChI=1S/C17H22F2O/c1-3-20-15-9-8-14(16(18)17(15)19)13-7-6-11-10(2)4-5-12(11)13/h8-13H,3-7H2,1-2H3. The Morgan fingerprint density at radius 3 is 2.55 bits per heavy atom. The number of hydrogen-bond acceptors (Lipinski definition) is 1. The molecule has 3 heteroatoms. The minimum atomic E-state index is -0.821. The van der Waals surface area contributed by atoms with Crippen LogP contribution in [0, 0.1) is 29.4 Å². The van der Waals surface area contributed by atoms with Crippen molar-refractivity contribution in [2.45, 2.75) is 45.4 Å². The maximum Gasteiger partial charge on any atom is 0.200 e. The van der Waals surface area contributed by atoms with E-state index in [4.69, 9.17) is 4.74 Å². The van der Waals surface area contributed by atoms with Gasteiger partial charge < -0.3 is 4.74 Å². The van der Waals surface area contributed by atoms with Crippen LogP contribution in [0.2, 0.25) is 0 Å². The molecule has 2 aliphatic carbocycles. The van der Waals surface area contributed by atoms with Gasteiger partial charge >= 0.3 is 0 Å². The Bertz CT molecular complexity index is 500. The summed E-state index contributed by atoms with van der Waals surface area (Å²) < 4.78 is 33.5. The molecule has 1 nitrogen and oxygen atoms in total. The van der Waals surface area contributed by atoms with Crippen LogP contribution in [0.25, 0.3) is 0 Å². The smallest absolute Gasteiger partial charge is 0.200 e. The second-order valence-electron chi connectivity index (χ2n) is 6.28. The van der Waals surface area contributed by atoms with Crippen LogP contribution in [0.15, 0.2) is 12.1 Å². The number of ether oxygens (including phenoxy) is 1. The first kappa shape index (κ1) is 13.8. The quantitative estimate of drug-likeness (QED) is 0.765. The third-order valence-electron chi connectivity index (χ3n) is 5.34. The Morgan fingerprint density at radius 1 is 1.05 bits per heavy atom. The van der Waals surface area contributed by atoms with Gasteiger partial charge in [0.1, 0.15) is 0 Å². The molecule has 1 aromatic carbocycles. The normalized spacial score (nSPS) is 32.4. The molecule has 110 valence electrons. The van der Waals surface area contributed by atoms with Crippen LogP contribution in [0.5, 0.6) is 5.75 Å². The van der Waals surface area contributed by atoms with Crippen LogP contribution in [-0.4, -0.2) is 6.61 Å². The molecule has 0 spiro atoms. The lowest BCUT2D eigenvalue weighted by Crippen LogP contribution is -2.12. The third-order valence-corrected chi connectivity index (χ3v) is 5.34. The van der Waals surface area contributed by atoms with Crippen LogP contribution in [-0.2, 0) is 0 Å². The predicted molar refractivity (Wildman–Crippen MR) is 74.9 cm³/mol. The van der Waals surface area contributed by atoms with Crippen LogP contribution in [0.3, 0.4) is 0 Å². The van der Waals surface area contributed by atoms with Crippen LogP contribution < -0.4 is 4.74 Å². The van der Waals surface area contributed by atoms with Crippen molar-refractivity contribution in [1.29, 1.82) is 0 Å². The highest BCUT2D eigenvalue weighted by Crippen LogP contribution is 2.54.